The summed E-state index contributed by atoms with van der Waals surface area (Å²) in [7, 11) is 0. The van der Waals surface area contributed by atoms with Crippen molar-refractivity contribution in [3.63, 3.8) is 0 Å². The fraction of sp³-hybridized carbons (Fsp3) is 0.292. The van der Waals surface area contributed by atoms with Crippen LogP contribution in [0, 0.1) is 24.4 Å². The molecule has 1 saturated heterocycles. The van der Waals surface area contributed by atoms with Crippen LogP contribution in [-0.4, -0.2) is 52.9 Å². The first-order valence-corrected chi connectivity index (χ1v) is 11.6. The van der Waals surface area contributed by atoms with Crippen molar-refractivity contribution in [3.05, 3.63) is 76.1 Å². The first kappa shape index (κ1) is 23.7. The number of carbonyl (C=O) groups is 2. The van der Waals surface area contributed by atoms with E-state index >= 15 is 0 Å². The molecule has 6 nitrogen and oxygen atoms in total. The van der Waals surface area contributed by atoms with Crippen LogP contribution in [0.4, 0.5) is 18.0 Å². The van der Waals surface area contributed by atoms with Gasteiger partial charge in [-0.1, -0.05) is 0 Å². The summed E-state index contributed by atoms with van der Waals surface area (Å²) in [5.41, 5.74) is 1.67. The van der Waals surface area contributed by atoms with Gasteiger partial charge in [0.15, 0.2) is 11.6 Å². The van der Waals surface area contributed by atoms with Crippen LogP contribution in [0.5, 0.6) is 0 Å². The highest BCUT2D eigenvalue weighted by atomic mass is 32.1. The van der Waals surface area contributed by atoms with Crippen molar-refractivity contribution in [1.82, 2.24) is 20.1 Å². The van der Waals surface area contributed by atoms with Gasteiger partial charge in [-0.2, -0.15) is 0 Å². The minimum absolute atomic E-state index is 0.0723. The first-order chi connectivity index (χ1) is 16.2. The minimum atomic E-state index is -1.07. The lowest BCUT2D eigenvalue weighted by Gasteiger charge is -2.35. The molecule has 1 aliphatic heterocycles. The number of nitrogens with one attached hydrogen (secondary N) is 1. The number of urea groups is 1. The summed E-state index contributed by atoms with van der Waals surface area (Å²) in [4.78, 5) is 34.0. The van der Waals surface area contributed by atoms with E-state index in [4.69, 9.17) is 0 Å². The zero-order valence-electron chi connectivity index (χ0n) is 18.6. The summed E-state index contributed by atoms with van der Waals surface area (Å²) >= 11 is 1.44. The number of nitrogens with zero attached hydrogens (tertiary/aromatic N) is 3. The van der Waals surface area contributed by atoms with E-state index in [1.54, 1.807) is 17.0 Å². The van der Waals surface area contributed by atoms with E-state index in [9.17, 15) is 22.8 Å². The van der Waals surface area contributed by atoms with Gasteiger partial charge in [0.1, 0.15) is 10.8 Å². The van der Waals surface area contributed by atoms with Crippen LogP contribution in [0.1, 0.15) is 33.9 Å². The molecular formula is C24H23F3N4O2S. The minimum Gasteiger partial charge on any atom is -0.335 e. The molecule has 178 valence electrons. The van der Waals surface area contributed by atoms with Gasteiger partial charge in [0.2, 0.25) is 0 Å². The molecule has 0 spiro atoms. The smallest absolute Gasteiger partial charge is 0.318 e. The van der Waals surface area contributed by atoms with Gasteiger partial charge in [0, 0.05) is 37.3 Å². The third-order valence-corrected chi connectivity index (χ3v) is 7.07. The maximum Gasteiger partial charge on any atom is 0.318 e. The summed E-state index contributed by atoms with van der Waals surface area (Å²) in [5.74, 6) is -2.79. The van der Waals surface area contributed by atoms with Crippen molar-refractivity contribution in [2.45, 2.75) is 19.9 Å². The van der Waals surface area contributed by atoms with Gasteiger partial charge in [-0.15, -0.1) is 11.3 Å². The lowest BCUT2D eigenvalue weighted by atomic mass is 10.1. The molecule has 0 bridgehead atoms. The highest BCUT2D eigenvalue weighted by molar-refractivity contribution is 7.15. The molecule has 1 atom stereocenters. The van der Waals surface area contributed by atoms with Crippen LogP contribution in [-0.2, 0) is 0 Å². The third kappa shape index (κ3) is 5.06. The third-order valence-electron chi connectivity index (χ3n) is 5.68. The highest BCUT2D eigenvalue weighted by Gasteiger charge is 2.27. The fourth-order valence-corrected chi connectivity index (χ4v) is 4.87. The summed E-state index contributed by atoms with van der Waals surface area (Å²) < 4.78 is 39.8. The van der Waals surface area contributed by atoms with Gasteiger partial charge in [0.25, 0.3) is 5.91 Å². The van der Waals surface area contributed by atoms with E-state index in [-0.39, 0.29) is 36.5 Å². The summed E-state index contributed by atoms with van der Waals surface area (Å²) in [5, 5.41) is 3.72. The Kier molecular flexibility index (Phi) is 6.87. The van der Waals surface area contributed by atoms with Gasteiger partial charge in [-0.25, -0.2) is 22.9 Å². The number of hydrogen-bond acceptors (Lipinski definition) is 4. The monoisotopic (exact) mass is 488 g/mol. The predicted molar refractivity (Wildman–Crippen MR) is 123 cm³/mol. The second kappa shape index (κ2) is 9.84. The summed E-state index contributed by atoms with van der Waals surface area (Å²) in [6, 6.07) is 8.61. The van der Waals surface area contributed by atoms with E-state index in [0.29, 0.717) is 13.1 Å². The van der Waals surface area contributed by atoms with Crippen LogP contribution in [0.3, 0.4) is 0 Å². The Hall–Kier alpha value is -3.40. The van der Waals surface area contributed by atoms with E-state index in [1.165, 1.54) is 34.4 Å². The van der Waals surface area contributed by atoms with Crippen LogP contribution < -0.4 is 5.32 Å². The standard InChI is InChI=1S/C24H23F3N4O2S/c1-14-21(34-22(28-14)16-3-6-18(25)7-4-16)15(2)29-24(33)31-11-9-30(10-12-31)23(32)17-5-8-19(26)20(27)13-17/h3-8,13,15H,9-12H2,1-2H3,(H,29,33). The van der Waals surface area contributed by atoms with Crippen LogP contribution in [0.2, 0.25) is 0 Å². The van der Waals surface area contributed by atoms with Crippen molar-refractivity contribution in [1.29, 1.82) is 0 Å². The second-order valence-electron chi connectivity index (χ2n) is 8.05. The molecule has 1 unspecified atom stereocenters. The average Bonchev–Trinajstić information content (AvgIpc) is 3.22. The number of rotatable bonds is 4. The van der Waals surface area contributed by atoms with E-state index in [0.717, 1.165) is 33.3 Å². The maximum absolute atomic E-state index is 13.5. The number of halogens is 3. The first-order valence-electron chi connectivity index (χ1n) is 10.8. The van der Waals surface area contributed by atoms with Crippen molar-refractivity contribution < 1.29 is 22.8 Å². The highest BCUT2D eigenvalue weighted by Crippen LogP contribution is 2.32. The molecule has 1 fully saturated rings. The molecule has 2 aromatic carbocycles. The largest absolute Gasteiger partial charge is 0.335 e. The maximum atomic E-state index is 13.5. The molecular weight excluding hydrogens is 465 g/mol. The van der Waals surface area contributed by atoms with E-state index in [2.05, 4.69) is 10.3 Å². The van der Waals surface area contributed by atoms with Crippen molar-refractivity contribution >= 4 is 23.3 Å². The van der Waals surface area contributed by atoms with Gasteiger partial charge >= 0.3 is 6.03 Å². The van der Waals surface area contributed by atoms with E-state index in [1.807, 2.05) is 13.8 Å². The Balaban J connectivity index is 1.34. The lowest BCUT2D eigenvalue weighted by molar-refractivity contribution is 0.0663. The normalized spacial score (nSPS) is 14.7. The quantitative estimate of drug-likeness (QED) is 0.576. The van der Waals surface area contributed by atoms with Gasteiger partial charge in [-0.3, -0.25) is 4.79 Å². The Morgan fingerprint density at radius 3 is 2.26 bits per heavy atom. The average molecular weight is 489 g/mol. The zero-order valence-corrected chi connectivity index (χ0v) is 19.5. The SMILES string of the molecule is Cc1nc(-c2ccc(F)cc2)sc1C(C)NC(=O)N1CCN(C(=O)c2ccc(F)c(F)c2)CC1. The summed E-state index contributed by atoms with van der Waals surface area (Å²) in [6.07, 6.45) is 0. The number of benzene rings is 2. The van der Waals surface area contributed by atoms with E-state index < -0.39 is 17.5 Å². The van der Waals surface area contributed by atoms with Crippen molar-refractivity contribution in [2.24, 2.45) is 0 Å². The topological polar surface area (TPSA) is 65.5 Å². The molecule has 1 aromatic heterocycles. The predicted octanol–water partition coefficient (Wildman–Crippen LogP) is 4.76. The number of piperazine rings is 1. The zero-order chi connectivity index (χ0) is 24.4. The molecule has 10 heteroatoms. The molecule has 0 saturated carbocycles. The van der Waals surface area contributed by atoms with Crippen LogP contribution in [0.25, 0.3) is 10.6 Å². The van der Waals surface area contributed by atoms with Crippen LogP contribution in [0.15, 0.2) is 42.5 Å². The number of amides is 3. The number of hydrogen-bond donors (Lipinski definition) is 1. The molecule has 34 heavy (non-hydrogen) atoms. The lowest BCUT2D eigenvalue weighted by Crippen LogP contribution is -2.53. The molecule has 2 heterocycles. The Bertz CT molecular complexity index is 1210. The van der Waals surface area contributed by atoms with Crippen molar-refractivity contribution in [3.8, 4) is 10.6 Å². The Morgan fingerprint density at radius 1 is 0.971 bits per heavy atom. The molecule has 3 aromatic rings. The molecule has 0 radical (unpaired) electrons. The Labute approximate surface area is 199 Å². The number of carbonyl (C=O) groups excluding carboxylic acids is 2. The second-order valence-corrected chi connectivity index (χ2v) is 9.09. The van der Waals surface area contributed by atoms with Crippen molar-refractivity contribution in [2.75, 3.05) is 26.2 Å². The fourth-order valence-electron chi connectivity index (χ4n) is 3.79. The number of thiazole rings is 1. The number of aryl methyl sites for hydroxylation is 1. The van der Waals surface area contributed by atoms with Gasteiger partial charge in [0.05, 0.1) is 16.6 Å². The Morgan fingerprint density at radius 2 is 1.62 bits per heavy atom. The van der Waals surface area contributed by atoms with Gasteiger partial charge < -0.3 is 15.1 Å². The van der Waals surface area contributed by atoms with Gasteiger partial charge in [-0.05, 0) is 56.3 Å². The molecule has 1 aliphatic rings. The molecule has 4 rings (SSSR count). The van der Waals surface area contributed by atoms with Crippen LogP contribution >= 0.6 is 11.3 Å². The number of aromatic nitrogens is 1. The summed E-state index contributed by atoms with van der Waals surface area (Å²) in [6.45, 7) is 4.94. The molecule has 3 amide bonds. The molecule has 0 aliphatic carbocycles. The molecule has 1 N–H and O–H groups in total.